The lowest BCUT2D eigenvalue weighted by Crippen LogP contribution is -2.51. The van der Waals surface area contributed by atoms with Crippen molar-refractivity contribution in [3.63, 3.8) is 0 Å². The summed E-state index contributed by atoms with van der Waals surface area (Å²) in [6, 6.07) is 46.9. The zero-order valence-electron chi connectivity index (χ0n) is 30.1. The first-order chi connectivity index (χ1) is 26.5. The summed E-state index contributed by atoms with van der Waals surface area (Å²) in [5.41, 5.74) is 5.54. The number of carbonyl (C=O) groups excluding carboxylic acids is 3. The molecule has 3 aliphatic rings. The fraction of sp³-hybridized carbons (Fsp3) is 0.208. The number of ketones is 1. The number of piperazine rings is 1. The van der Waals surface area contributed by atoms with Crippen LogP contribution in [-0.4, -0.2) is 58.6 Å². The summed E-state index contributed by atoms with van der Waals surface area (Å²) in [7, 11) is 0. The van der Waals surface area contributed by atoms with E-state index in [1.807, 2.05) is 94.9 Å². The Morgan fingerprint density at radius 2 is 1.28 bits per heavy atom. The highest BCUT2D eigenvalue weighted by Gasteiger charge is 2.39. The zero-order chi connectivity index (χ0) is 36.6. The number of amides is 2. The van der Waals surface area contributed by atoms with E-state index in [1.54, 1.807) is 0 Å². The Hall–Kier alpha value is -6.14. The standard InChI is InChI=1S/C39H34N2O3.C9H7N/c42-37-35-29(16-17-32-31-12-5-4-9-26(31)15-18-33(32)35)24-34(25-7-2-1-3-8-25)36(37)28-10-6-11-30(23-28)39(44)41-21-19-40(20-22-41)38(43)27-13-14-27;1-2-6-9-8(4-1)5-3-7-10-9/h1-12,15-18,23,27,34,36H,13-14,19-22,24H2;1-7H. The van der Waals surface area contributed by atoms with Crippen molar-refractivity contribution in [2.24, 2.45) is 5.92 Å². The molecule has 6 nitrogen and oxygen atoms in total. The number of benzene rings is 6. The molecule has 1 saturated heterocycles. The van der Waals surface area contributed by atoms with E-state index < -0.39 is 5.92 Å². The Labute approximate surface area is 315 Å². The zero-order valence-corrected chi connectivity index (χ0v) is 30.1. The first kappa shape index (κ1) is 33.7. The van der Waals surface area contributed by atoms with E-state index >= 15 is 0 Å². The van der Waals surface area contributed by atoms with Gasteiger partial charge in [-0.3, -0.25) is 19.4 Å². The van der Waals surface area contributed by atoms with Crippen molar-refractivity contribution in [1.29, 1.82) is 0 Å². The summed E-state index contributed by atoms with van der Waals surface area (Å²) in [5.74, 6) is 0.0438. The summed E-state index contributed by atoms with van der Waals surface area (Å²) >= 11 is 0. The lowest BCUT2D eigenvalue weighted by atomic mass is 9.68. The minimum absolute atomic E-state index is 0.0396. The van der Waals surface area contributed by atoms with Gasteiger partial charge in [0.1, 0.15) is 0 Å². The molecule has 1 aromatic heterocycles. The maximum atomic E-state index is 14.8. The number of Topliss-reactive ketones (excluding diaryl/α,β-unsaturated/α-hetero) is 1. The van der Waals surface area contributed by atoms with Gasteiger partial charge in [0.25, 0.3) is 5.91 Å². The van der Waals surface area contributed by atoms with Crippen molar-refractivity contribution < 1.29 is 14.4 Å². The van der Waals surface area contributed by atoms with Crippen LogP contribution < -0.4 is 0 Å². The Kier molecular flexibility index (Phi) is 8.95. The second kappa shape index (κ2) is 14.4. The Bertz CT molecular complexity index is 2470. The van der Waals surface area contributed by atoms with Gasteiger partial charge in [0.05, 0.1) is 11.4 Å². The number of hydrogen-bond acceptors (Lipinski definition) is 4. The Morgan fingerprint density at radius 3 is 2.07 bits per heavy atom. The van der Waals surface area contributed by atoms with Crippen molar-refractivity contribution >= 4 is 50.0 Å². The molecule has 7 aromatic rings. The van der Waals surface area contributed by atoms with Crippen LogP contribution in [-0.2, 0) is 11.2 Å². The molecule has 2 aliphatic carbocycles. The molecule has 2 unspecified atom stereocenters. The van der Waals surface area contributed by atoms with Gasteiger partial charge in [-0.2, -0.15) is 0 Å². The molecule has 266 valence electrons. The fourth-order valence-electron chi connectivity index (χ4n) is 8.46. The van der Waals surface area contributed by atoms with Gasteiger partial charge in [0.15, 0.2) is 5.78 Å². The van der Waals surface area contributed by atoms with Crippen molar-refractivity contribution in [3.8, 4) is 0 Å². The molecule has 0 N–H and O–H groups in total. The maximum Gasteiger partial charge on any atom is 0.253 e. The summed E-state index contributed by atoms with van der Waals surface area (Å²) in [4.78, 5) is 49.0. The second-order valence-corrected chi connectivity index (χ2v) is 14.8. The number of fused-ring (bicyclic) bond motifs is 6. The molecule has 1 saturated carbocycles. The molecule has 2 amide bonds. The highest BCUT2D eigenvalue weighted by atomic mass is 16.2. The lowest BCUT2D eigenvalue weighted by molar-refractivity contribution is -0.134. The quantitative estimate of drug-likeness (QED) is 0.171. The van der Waals surface area contributed by atoms with Crippen LogP contribution in [0.15, 0.2) is 146 Å². The van der Waals surface area contributed by atoms with Gasteiger partial charge in [-0.05, 0) is 81.8 Å². The number of nitrogens with zero attached hydrogens (tertiary/aromatic N) is 3. The van der Waals surface area contributed by atoms with E-state index in [4.69, 9.17) is 0 Å². The van der Waals surface area contributed by atoms with Crippen molar-refractivity contribution in [1.82, 2.24) is 14.8 Å². The van der Waals surface area contributed by atoms with Gasteiger partial charge >= 0.3 is 0 Å². The molecule has 1 aliphatic heterocycles. The summed E-state index contributed by atoms with van der Waals surface area (Å²) in [5, 5.41) is 5.59. The van der Waals surface area contributed by atoms with Gasteiger partial charge < -0.3 is 9.80 Å². The van der Waals surface area contributed by atoms with Crippen LogP contribution in [0.3, 0.4) is 0 Å². The first-order valence-electron chi connectivity index (χ1n) is 19.0. The molecule has 0 bridgehead atoms. The first-order valence-corrected chi connectivity index (χ1v) is 19.0. The fourth-order valence-corrected chi connectivity index (χ4v) is 8.46. The molecule has 6 heteroatoms. The smallest absolute Gasteiger partial charge is 0.253 e. The molecule has 2 atom stereocenters. The number of carbonyl (C=O) groups is 3. The number of pyridine rings is 1. The van der Waals surface area contributed by atoms with Gasteiger partial charge in [-0.25, -0.2) is 0 Å². The van der Waals surface area contributed by atoms with Crippen LogP contribution in [0.4, 0.5) is 0 Å². The van der Waals surface area contributed by atoms with Crippen molar-refractivity contribution in [3.05, 3.63) is 174 Å². The van der Waals surface area contributed by atoms with Crippen molar-refractivity contribution in [2.75, 3.05) is 26.2 Å². The summed E-state index contributed by atoms with van der Waals surface area (Å²) in [6.45, 7) is 2.22. The van der Waals surface area contributed by atoms with E-state index in [0.29, 0.717) is 31.7 Å². The minimum Gasteiger partial charge on any atom is -0.339 e. The molecule has 6 aromatic carbocycles. The summed E-state index contributed by atoms with van der Waals surface area (Å²) < 4.78 is 0. The number of rotatable bonds is 4. The third kappa shape index (κ3) is 6.42. The van der Waals surface area contributed by atoms with Gasteiger partial charge in [0.2, 0.25) is 5.91 Å². The van der Waals surface area contributed by atoms with Crippen LogP contribution in [0.2, 0.25) is 0 Å². The Balaban J connectivity index is 0.000000332. The van der Waals surface area contributed by atoms with Gasteiger partial charge in [-0.15, -0.1) is 0 Å². The highest BCUT2D eigenvalue weighted by Crippen LogP contribution is 2.46. The van der Waals surface area contributed by atoms with E-state index in [-0.39, 0.29) is 29.4 Å². The highest BCUT2D eigenvalue weighted by molar-refractivity contribution is 6.18. The maximum absolute atomic E-state index is 14.8. The summed E-state index contributed by atoms with van der Waals surface area (Å²) in [6.07, 6.45) is 4.53. The molecule has 54 heavy (non-hydrogen) atoms. The largest absolute Gasteiger partial charge is 0.339 e. The van der Waals surface area contributed by atoms with E-state index in [1.165, 1.54) is 5.39 Å². The number of aromatic nitrogens is 1. The van der Waals surface area contributed by atoms with E-state index in [0.717, 1.165) is 68.6 Å². The van der Waals surface area contributed by atoms with Crippen LogP contribution in [0.5, 0.6) is 0 Å². The average molecular weight is 708 g/mol. The second-order valence-electron chi connectivity index (χ2n) is 14.8. The molecule has 2 fully saturated rings. The third-order valence-corrected chi connectivity index (χ3v) is 11.4. The van der Waals surface area contributed by atoms with Crippen LogP contribution in [0.25, 0.3) is 32.4 Å². The van der Waals surface area contributed by atoms with E-state index in [2.05, 4.69) is 65.6 Å². The molecule has 10 rings (SSSR count). The van der Waals surface area contributed by atoms with Crippen LogP contribution in [0.1, 0.15) is 62.1 Å². The molecule has 0 spiro atoms. The average Bonchev–Trinajstić information content (AvgIpc) is 4.09. The monoisotopic (exact) mass is 707 g/mol. The predicted octanol–water partition coefficient (Wildman–Crippen LogP) is 9.23. The normalized spacial score (nSPS) is 18.3. The Morgan fingerprint density at radius 1 is 0.593 bits per heavy atom. The molecular weight excluding hydrogens is 667 g/mol. The van der Waals surface area contributed by atoms with Crippen LogP contribution in [0, 0.1) is 5.92 Å². The topological polar surface area (TPSA) is 70.6 Å². The molecule has 0 radical (unpaired) electrons. The number of hydrogen-bond donors (Lipinski definition) is 0. The molecular formula is C48H41N3O3. The number of para-hydroxylation sites is 1. The SMILES string of the molecule is O=C1c2c(ccc3c2ccc2ccccc23)CC(c2ccccc2)C1c1cccc(C(=O)N2CCN(C(=O)C3CC3)CC2)c1.c1ccc2ncccc2c1. The third-order valence-electron chi connectivity index (χ3n) is 11.4. The van der Waals surface area contributed by atoms with Crippen LogP contribution >= 0.6 is 0 Å². The lowest BCUT2D eigenvalue weighted by Gasteiger charge is -2.35. The van der Waals surface area contributed by atoms with E-state index in [9.17, 15) is 14.4 Å². The predicted molar refractivity (Wildman–Crippen MR) is 215 cm³/mol. The minimum atomic E-state index is -0.414. The van der Waals surface area contributed by atoms with Gasteiger partial charge in [-0.1, -0.05) is 115 Å². The van der Waals surface area contributed by atoms with Gasteiger partial charge in [0, 0.05) is 60.7 Å². The molecule has 2 heterocycles. The van der Waals surface area contributed by atoms with Crippen molar-refractivity contribution in [2.45, 2.75) is 31.1 Å².